The normalized spacial score (nSPS) is 20.8. The van der Waals surface area contributed by atoms with Crippen LogP contribution in [-0.4, -0.2) is 37.4 Å². The molecule has 0 spiro atoms. The fraction of sp³-hybridized carbons (Fsp3) is 0.478. The van der Waals surface area contributed by atoms with Gasteiger partial charge in [-0.15, -0.1) is 32.9 Å². The standard InChI is InChI=1S/C23H25N5OS3/c1-13-7-8-16-18(11-13)31-21-19(16)22(25-14(2)24-21)32-23-27-26-20(17-6-4-10-30-17)28(23)12-15-5-3-9-29-15/h4,6,10,13,15H,3,5,7-9,11-12H2,1-2H3/t13-,15-/m1/s1. The third-order valence-corrected chi connectivity index (χ3v) is 9.28. The predicted octanol–water partition coefficient (Wildman–Crippen LogP) is 5.77. The van der Waals surface area contributed by atoms with E-state index in [2.05, 4.69) is 39.2 Å². The number of rotatable bonds is 5. The molecule has 4 aromatic rings. The Hall–Kier alpha value is -1.81. The van der Waals surface area contributed by atoms with Crippen LogP contribution in [0.2, 0.25) is 0 Å². The maximum Gasteiger partial charge on any atom is 0.197 e. The van der Waals surface area contributed by atoms with E-state index in [4.69, 9.17) is 14.7 Å². The van der Waals surface area contributed by atoms with Crippen molar-refractivity contribution in [1.82, 2.24) is 24.7 Å². The molecule has 2 atom stereocenters. The molecule has 2 aliphatic rings. The van der Waals surface area contributed by atoms with Crippen molar-refractivity contribution in [2.45, 2.75) is 68.8 Å². The van der Waals surface area contributed by atoms with E-state index in [1.165, 1.54) is 22.2 Å². The number of fused-ring (bicyclic) bond motifs is 3. The van der Waals surface area contributed by atoms with Crippen molar-refractivity contribution in [2.24, 2.45) is 5.92 Å². The van der Waals surface area contributed by atoms with E-state index in [0.717, 1.165) is 76.3 Å². The lowest BCUT2D eigenvalue weighted by atomic mass is 9.89. The highest BCUT2D eigenvalue weighted by atomic mass is 32.2. The van der Waals surface area contributed by atoms with E-state index in [1.54, 1.807) is 23.1 Å². The summed E-state index contributed by atoms with van der Waals surface area (Å²) >= 11 is 5.18. The summed E-state index contributed by atoms with van der Waals surface area (Å²) in [5.74, 6) is 2.47. The van der Waals surface area contributed by atoms with Gasteiger partial charge in [-0.2, -0.15) is 0 Å². The summed E-state index contributed by atoms with van der Waals surface area (Å²) in [6.45, 7) is 5.95. The maximum absolute atomic E-state index is 5.96. The molecule has 0 aromatic carbocycles. The number of nitrogens with zero attached hydrogens (tertiary/aromatic N) is 5. The molecule has 6 rings (SSSR count). The largest absolute Gasteiger partial charge is 0.376 e. The summed E-state index contributed by atoms with van der Waals surface area (Å²) in [7, 11) is 0. The van der Waals surface area contributed by atoms with Crippen LogP contribution in [0.1, 0.15) is 42.5 Å². The van der Waals surface area contributed by atoms with Crippen molar-refractivity contribution in [3.63, 3.8) is 0 Å². The number of hydrogen-bond acceptors (Lipinski definition) is 8. The maximum atomic E-state index is 5.96. The van der Waals surface area contributed by atoms with Gasteiger partial charge in [0.05, 0.1) is 17.5 Å². The van der Waals surface area contributed by atoms with Crippen molar-refractivity contribution >= 4 is 44.7 Å². The zero-order chi connectivity index (χ0) is 21.7. The summed E-state index contributed by atoms with van der Waals surface area (Å²) in [5.41, 5.74) is 1.45. The molecule has 0 amide bonds. The molecule has 0 saturated carbocycles. The Morgan fingerprint density at radius 1 is 1.25 bits per heavy atom. The highest BCUT2D eigenvalue weighted by Gasteiger charge is 2.27. The lowest BCUT2D eigenvalue weighted by Gasteiger charge is -2.18. The molecule has 32 heavy (non-hydrogen) atoms. The third kappa shape index (κ3) is 3.79. The van der Waals surface area contributed by atoms with Gasteiger partial charge in [-0.25, -0.2) is 9.97 Å². The number of thiophene rings is 2. The number of hydrogen-bond donors (Lipinski definition) is 0. The van der Waals surface area contributed by atoms with Gasteiger partial charge in [-0.05, 0) is 73.7 Å². The Morgan fingerprint density at radius 3 is 3.00 bits per heavy atom. The highest BCUT2D eigenvalue weighted by Crippen LogP contribution is 2.42. The minimum absolute atomic E-state index is 0.214. The van der Waals surface area contributed by atoms with Crippen LogP contribution in [0.15, 0.2) is 27.7 Å². The molecule has 0 unspecified atom stereocenters. The zero-order valence-corrected chi connectivity index (χ0v) is 20.7. The summed E-state index contributed by atoms with van der Waals surface area (Å²) in [6, 6.07) is 4.17. The first kappa shape index (κ1) is 20.8. The van der Waals surface area contributed by atoms with Gasteiger partial charge in [0.2, 0.25) is 0 Å². The fourth-order valence-corrected chi connectivity index (χ4v) is 7.92. The molecule has 0 radical (unpaired) electrons. The van der Waals surface area contributed by atoms with Crippen LogP contribution in [0.4, 0.5) is 0 Å². The van der Waals surface area contributed by atoms with Crippen molar-refractivity contribution in [3.05, 3.63) is 33.8 Å². The second-order valence-electron chi connectivity index (χ2n) is 8.74. The molecule has 0 N–H and O–H groups in total. The van der Waals surface area contributed by atoms with Gasteiger partial charge in [0, 0.05) is 16.9 Å². The van der Waals surface area contributed by atoms with Crippen molar-refractivity contribution < 1.29 is 4.74 Å². The van der Waals surface area contributed by atoms with Crippen LogP contribution >= 0.6 is 34.4 Å². The number of aryl methyl sites for hydroxylation is 2. The topological polar surface area (TPSA) is 65.7 Å². The average molecular weight is 484 g/mol. The van der Waals surface area contributed by atoms with E-state index >= 15 is 0 Å². The van der Waals surface area contributed by atoms with Gasteiger partial charge in [0.25, 0.3) is 0 Å². The first-order chi connectivity index (χ1) is 15.7. The van der Waals surface area contributed by atoms with E-state index < -0.39 is 0 Å². The molecular weight excluding hydrogens is 458 g/mol. The molecule has 0 bridgehead atoms. The van der Waals surface area contributed by atoms with Crippen LogP contribution in [0, 0.1) is 12.8 Å². The lowest BCUT2D eigenvalue weighted by molar-refractivity contribution is 0.0953. The predicted molar refractivity (Wildman–Crippen MR) is 130 cm³/mol. The molecule has 1 aliphatic heterocycles. The summed E-state index contributed by atoms with van der Waals surface area (Å²) in [6.07, 6.45) is 5.91. The van der Waals surface area contributed by atoms with Gasteiger partial charge in [0.1, 0.15) is 15.7 Å². The molecule has 6 nitrogen and oxygen atoms in total. The van der Waals surface area contributed by atoms with Gasteiger partial charge >= 0.3 is 0 Å². The Bertz CT molecular complexity index is 1260. The van der Waals surface area contributed by atoms with Gasteiger partial charge < -0.3 is 4.74 Å². The Kier molecular flexibility index (Phi) is 5.53. The van der Waals surface area contributed by atoms with Crippen LogP contribution in [0.25, 0.3) is 20.9 Å². The quantitative estimate of drug-likeness (QED) is 0.336. The van der Waals surface area contributed by atoms with E-state index in [9.17, 15) is 0 Å². The molecule has 5 heterocycles. The lowest BCUT2D eigenvalue weighted by Crippen LogP contribution is -2.16. The van der Waals surface area contributed by atoms with E-state index in [1.807, 2.05) is 18.3 Å². The van der Waals surface area contributed by atoms with Crippen LogP contribution in [0.5, 0.6) is 0 Å². The van der Waals surface area contributed by atoms with Crippen LogP contribution in [-0.2, 0) is 24.1 Å². The molecule has 166 valence electrons. The van der Waals surface area contributed by atoms with E-state index in [0.29, 0.717) is 0 Å². The molecule has 4 aromatic heterocycles. The second-order valence-corrected chi connectivity index (χ2v) is 11.7. The Morgan fingerprint density at radius 2 is 2.19 bits per heavy atom. The third-order valence-electron chi connectivity index (χ3n) is 6.29. The number of ether oxygens (including phenoxy) is 1. The number of aromatic nitrogens is 5. The first-order valence-corrected chi connectivity index (χ1v) is 13.7. The van der Waals surface area contributed by atoms with Gasteiger partial charge in [0.15, 0.2) is 11.0 Å². The highest BCUT2D eigenvalue weighted by molar-refractivity contribution is 7.99. The second kappa shape index (κ2) is 8.52. The Labute approximate surface area is 199 Å². The smallest absolute Gasteiger partial charge is 0.197 e. The van der Waals surface area contributed by atoms with Gasteiger partial charge in [-0.3, -0.25) is 4.57 Å². The first-order valence-electron chi connectivity index (χ1n) is 11.2. The van der Waals surface area contributed by atoms with Crippen LogP contribution in [0.3, 0.4) is 0 Å². The fourth-order valence-electron chi connectivity index (χ4n) is 4.68. The van der Waals surface area contributed by atoms with Crippen LogP contribution < -0.4 is 0 Å². The van der Waals surface area contributed by atoms with E-state index in [-0.39, 0.29) is 6.10 Å². The Balaban J connectivity index is 1.43. The minimum Gasteiger partial charge on any atom is -0.376 e. The van der Waals surface area contributed by atoms with Crippen molar-refractivity contribution in [2.75, 3.05) is 6.61 Å². The summed E-state index contributed by atoms with van der Waals surface area (Å²) in [5, 5.41) is 14.4. The molecular formula is C23H25N5OS3. The van der Waals surface area contributed by atoms with Gasteiger partial charge in [-0.1, -0.05) is 13.0 Å². The zero-order valence-electron chi connectivity index (χ0n) is 18.2. The molecule has 1 saturated heterocycles. The minimum atomic E-state index is 0.214. The van der Waals surface area contributed by atoms with Crippen molar-refractivity contribution in [3.8, 4) is 10.7 Å². The van der Waals surface area contributed by atoms with Crippen molar-refractivity contribution in [1.29, 1.82) is 0 Å². The molecule has 1 aliphatic carbocycles. The molecule has 1 fully saturated rings. The average Bonchev–Trinajstić information content (AvgIpc) is 3.55. The monoisotopic (exact) mass is 483 g/mol. The SMILES string of the molecule is Cc1nc(Sc2nnc(-c3cccs3)n2C[C@H]2CCCO2)c2c3c(sc2n1)C[C@H](C)CC3. The summed E-state index contributed by atoms with van der Waals surface area (Å²) in [4.78, 5) is 13.4. The molecule has 9 heteroatoms. The summed E-state index contributed by atoms with van der Waals surface area (Å²) < 4.78 is 8.19.